The van der Waals surface area contributed by atoms with Gasteiger partial charge in [0.1, 0.15) is 0 Å². The first-order valence-electron chi connectivity index (χ1n) is 6.50. The van der Waals surface area contributed by atoms with Gasteiger partial charge in [-0.3, -0.25) is 0 Å². The van der Waals surface area contributed by atoms with E-state index in [2.05, 4.69) is 60.7 Å². The molecule has 0 saturated carbocycles. The molecule has 2 aliphatic rings. The second-order valence-electron chi connectivity index (χ2n) is 5.01. The van der Waals surface area contributed by atoms with Gasteiger partial charge >= 0.3 is 0 Å². The average molecular weight is 230 g/mol. The maximum absolute atomic E-state index is 2.34. The summed E-state index contributed by atoms with van der Waals surface area (Å²) in [6, 6.07) is 11.1. The van der Waals surface area contributed by atoms with Gasteiger partial charge in [-0.05, 0) is 45.2 Å². The van der Waals surface area contributed by atoms with Crippen molar-refractivity contribution in [2.45, 2.75) is 12.8 Å². The van der Waals surface area contributed by atoms with E-state index in [0.29, 0.717) is 0 Å². The summed E-state index contributed by atoms with van der Waals surface area (Å²) in [5.41, 5.74) is 2.90. The average Bonchev–Trinajstić information content (AvgIpc) is 2.57. The zero-order chi connectivity index (χ0) is 11.9. The third-order valence-corrected chi connectivity index (χ3v) is 3.89. The van der Waals surface area contributed by atoms with Crippen LogP contribution in [0.2, 0.25) is 0 Å². The Morgan fingerprint density at radius 2 is 1.89 bits per heavy atom. The molecule has 2 aliphatic carbocycles. The van der Waals surface area contributed by atoms with Gasteiger partial charge in [0.2, 0.25) is 0 Å². The summed E-state index contributed by atoms with van der Waals surface area (Å²) < 4.78 is 0. The summed E-state index contributed by atoms with van der Waals surface area (Å²) in [5, 5.41) is 5.55. The number of hydrogen-bond acceptors (Lipinski definition) is 0. The fraction of sp³-hybridized carbons (Fsp3) is 0.111. The summed E-state index contributed by atoms with van der Waals surface area (Å²) >= 11 is 0. The van der Waals surface area contributed by atoms with Crippen molar-refractivity contribution in [3.05, 3.63) is 70.1 Å². The Balaban J connectivity index is 2.29. The van der Waals surface area contributed by atoms with Crippen molar-refractivity contribution < 1.29 is 0 Å². The highest BCUT2D eigenvalue weighted by molar-refractivity contribution is 5.88. The van der Waals surface area contributed by atoms with Crippen molar-refractivity contribution in [3.8, 4) is 0 Å². The third-order valence-electron chi connectivity index (χ3n) is 3.89. The molecule has 0 radical (unpaired) electrons. The first kappa shape index (κ1) is 9.90. The van der Waals surface area contributed by atoms with Gasteiger partial charge in [0.25, 0.3) is 0 Å². The van der Waals surface area contributed by atoms with Crippen molar-refractivity contribution >= 4 is 22.9 Å². The Morgan fingerprint density at radius 3 is 2.89 bits per heavy atom. The lowest BCUT2D eigenvalue weighted by Gasteiger charge is -2.09. The van der Waals surface area contributed by atoms with Crippen molar-refractivity contribution in [2.75, 3.05) is 0 Å². The summed E-state index contributed by atoms with van der Waals surface area (Å²) in [6.45, 7) is 0. The Labute approximate surface area is 106 Å². The maximum Gasteiger partial charge on any atom is -0.00137 e. The summed E-state index contributed by atoms with van der Waals surface area (Å²) in [7, 11) is 0. The molecule has 4 rings (SSSR count). The fourth-order valence-electron chi connectivity index (χ4n) is 3.01. The molecule has 0 N–H and O–H groups in total. The van der Waals surface area contributed by atoms with Crippen LogP contribution in [0.15, 0.2) is 54.1 Å². The number of benzene rings is 2. The van der Waals surface area contributed by atoms with E-state index in [9.17, 15) is 0 Å². The predicted molar refractivity (Wildman–Crippen MR) is 77.7 cm³/mol. The third kappa shape index (κ3) is 1.39. The molecule has 0 fully saturated rings. The van der Waals surface area contributed by atoms with Crippen LogP contribution in [0.4, 0.5) is 0 Å². The van der Waals surface area contributed by atoms with Crippen LogP contribution in [0, 0.1) is 0 Å². The van der Waals surface area contributed by atoms with Crippen LogP contribution in [0.25, 0.3) is 22.9 Å². The van der Waals surface area contributed by atoms with Gasteiger partial charge in [0.15, 0.2) is 0 Å². The molecule has 0 saturated heterocycles. The molecular formula is C18H14. The highest BCUT2D eigenvalue weighted by Crippen LogP contribution is 2.19. The summed E-state index contributed by atoms with van der Waals surface area (Å²) in [4.78, 5) is 0. The van der Waals surface area contributed by atoms with Gasteiger partial charge in [-0.1, -0.05) is 60.7 Å². The molecule has 0 amide bonds. The fourth-order valence-corrected chi connectivity index (χ4v) is 3.01. The SMILES string of the molecule is C1=C2/C=C\C/C=c3/ccc4cccc(c4c3C2)=C1. The number of allylic oxidation sites excluding steroid dienone is 4. The van der Waals surface area contributed by atoms with Crippen LogP contribution in [0.3, 0.4) is 0 Å². The predicted octanol–water partition coefficient (Wildman–Crippen LogP) is 2.84. The first-order valence-corrected chi connectivity index (χ1v) is 6.50. The zero-order valence-corrected chi connectivity index (χ0v) is 10.2. The summed E-state index contributed by atoms with van der Waals surface area (Å²) in [5.74, 6) is 0. The van der Waals surface area contributed by atoms with E-state index in [0.717, 1.165) is 12.8 Å². The molecule has 0 spiro atoms. The second kappa shape index (κ2) is 3.71. The van der Waals surface area contributed by atoms with E-state index in [1.807, 2.05) is 0 Å². The maximum atomic E-state index is 2.34. The van der Waals surface area contributed by atoms with E-state index in [1.54, 1.807) is 0 Å². The van der Waals surface area contributed by atoms with Gasteiger partial charge in [0, 0.05) is 0 Å². The molecule has 0 aromatic heterocycles. The second-order valence-corrected chi connectivity index (χ2v) is 5.01. The van der Waals surface area contributed by atoms with E-state index in [1.165, 1.54) is 32.3 Å². The Morgan fingerprint density at radius 1 is 0.889 bits per heavy atom. The smallest absolute Gasteiger partial charge is 0.00137 e. The van der Waals surface area contributed by atoms with Crippen LogP contribution in [0.1, 0.15) is 12.0 Å². The lowest BCUT2D eigenvalue weighted by atomic mass is 9.95. The Hall–Kier alpha value is -2.08. The number of rotatable bonds is 0. The Kier molecular flexibility index (Phi) is 2.04. The molecule has 86 valence electrons. The highest BCUT2D eigenvalue weighted by Gasteiger charge is 2.09. The zero-order valence-electron chi connectivity index (χ0n) is 10.2. The molecule has 0 aliphatic heterocycles. The van der Waals surface area contributed by atoms with Crippen LogP contribution in [-0.2, 0) is 6.42 Å². The normalized spacial score (nSPS) is 20.0. The Bertz CT molecular complexity index is 817. The molecule has 0 unspecified atom stereocenters. The molecule has 2 aromatic carbocycles. The van der Waals surface area contributed by atoms with E-state index in [4.69, 9.17) is 0 Å². The van der Waals surface area contributed by atoms with Crippen LogP contribution >= 0.6 is 0 Å². The topological polar surface area (TPSA) is 0 Å². The molecule has 0 heteroatoms. The van der Waals surface area contributed by atoms with E-state index >= 15 is 0 Å². The minimum absolute atomic E-state index is 1.03. The van der Waals surface area contributed by atoms with Crippen LogP contribution in [0.5, 0.6) is 0 Å². The molecule has 0 atom stereocenters. The molecule has 2 bridgehead atoms. The number of fused-ring (bicyclic) bond motifs is 1. The van der Waals surface area contributed by atoms with Crippen molar-refractivity contribution in [1.82, 2.24) is 0 Å². The lowest BCUT2D eigenvalue weighted by molar-refractivity contribution is 1.18. The van der Waals surface area contributed by atoms with Gasteiger partial charge in [-0.2, -0.15) is 0 Å². The first-order chi connectivity index (χ1) is 8.92. The molecule has 0 nitrogen and oxygen atoms in total. The van der Waals surface area contributed by atoms with Gasteiger partial charge < -0.3 is 0 Å². The van der Waals surface area contributed by atoms with Gasteiger partial charge in [-0.25, -0.2) is 0 Å². The number of hydrogen-bond donors (Lipinski definition) is 0. The van der Waals surface area contributed by atoms with Crippen LogP contribution < -0.4 is 10.4 Å². The van der Waals surface area contributed by atoms with E-state index in [-0.39, 0.29) is 0 Å². The minimum atomic E-state index is 1.03. The minimum Gasteiger partial charge on any atom is -0.0804 e. The van der Waals surface area contributed by atoms with Crippen molar-refractivity contribution in [3.63, 3.8) is 0 Å². The molecule has 2 aromatic rings. The summed E-state index contributed by atoms with van der Waals surface area (Å²) in [6.07, 6.45) is 13.5. The van der Waals surface area contributed by atoms with Gasteiger partial charge in [-0.15, -0.1) is 0 Å². The van der Waals surface area contributed by atoms with Crippen molar-refractivity contribution in [2.24, 2.45) is 0 Å². The van der Waals surface area contributed by atoms with Crippen molar-refractivity contribution in [1.29, 1.82) is 0 Å². The lowest BCUT2D eigenvalue weighted by Crippen LogP contribution is -2.14. The van der Waals surface area contributed by atoms with Crippen LogP contribution in [-0.4, -0.2) is 0 Å². The quantitative estimate of drug-likeness (QED) is 0.653. The monoisotopic (exact) mass is 230 g/mol. The van der Waals surface area contributed by atoms with Gasteiger partial charge in [0.05, 0.1) is 0 Å². The molecular weight excluding hydrogens is 216 g/mol. The van der Waals surface area contributed by atoms with E-state index < -0.39 is 0 Å². The largest absolute Gasteiger partial charge is 0.0804 e. The molecule has 0 heterocycles. The standard InChI is InChI=1S/C18H14/c1-2-5-14-10-11-16-7-3-6-15-9-8-13(4-1)12-17(14)18(15)16/h1,3-11H,2,12H2/b4-1-,14-5-. The molecule has 18 heavy (non-hydrogen) atoms. The highest BCUT2D eigenvalue weighted by atomic mass is 14.1.